The molecule has 0 spiro atoms. The van der Waals surface area contributed by atoms with Crippen LogP contribution in [0.15, 0.2) is 67.3 Å². The summed E-state index contributed by atoms with van der Waals surface area (Å²) < 4.78 is 0. The van der Waals surface area contributed by atoms with Crippen molar-refractivity contribution in [3.63, 3.8) is 0 Å². The van der Waals surface area contributed by atoms with E-state index in [4.69, 9.17) is 23.2 Å². The second-order valence-corrected chi connectivity index (χ2v) is 8.66. The summed E-state index contributed by atoms with van der Waals surface area (Å²) in [7, 11) is 0. The number of pyridine rings is 1. The first kappa shape index (κ1) is 24.9. The Morgan fingerprint density at radius 2 is 1.89 bits per heavy atom. The first-order chi connectivity index (χ1) is 17.4. The van der Waals surface area contributed by atoms with E-state index < -0.39 is 10.8 Å². The van der Waals surface area contributed by atoms with Gasteiger partial charge in [0.1, 0.15) is 6.33 Å². The summed E-state index contributed by atoms with van der Waals surface area (Å²) in [4.78, 5) is 23.5. The maximum Gasteiger partial charge on any atom is 0.353 e. The smallest absolute Gasteiger partial charge is 0.353 e. The molecule has 2 aromatic heterocycles. The molecule has 1 unspecified atom stereocenters. The molecule has 0 radical (unpaired) electrons. The van der Waals surface area contributed by atoms with Gasteiger partial charge in [-0.25, -0.2) is 9.97 Å². The van der Waals surface area contributed by atoms with E-state index in [0.29, 0.717) is 27.8 Å². The van der Waals surface area contributed by atoms with Crippen LogP contribution in [0.25, 0.3) is 0 Å². The predicted octanol–water partition coefficient (Wildman–Crippen LogP) is 6.41. The number of nitrogens with one attached hydrogen (secondary N) is 2. The van der Waals surface area contributed by atoms with Crippen molar-refractivity contribution in [3.8, 4) is 6.07 Å². The molecule has 2 N–H and O–H groups in total. The van der Waals surface area contributed by atoms with E-state index in [-0.39, 0.29) is 17.3 Å². The van der Waals surface area contributed by atoms with Crippen LogP contribution in [0.3, 0.4) is 0 Å². The second-order valence-electron chi connectivity index (χ2n) is 7.82. The zero-order chi connectivity index (χ0) is 25.7. The van der Waals surface area contributed by atoms with Gasteiger partial charge in [0, 0.05) is 34.7 Å². The third kappa shape index (κ3) is 5.51. The SMILES string of the molecule is Cc1cc(C(C#N)c2ccc(Cl)cc2)c(Cl)cc1Nc1ncnc(NCc2cccnc2)c1[N+](=O)[O-]. The number of nitro groups is 1. The van der Waals surface area contributed by atoms with Gasteiger partial charge in [-0.1, -0.05) is 47.5 Å². The fraction of sp³-hybridized carbons (Fsp3) is 0.120. The maximum atomic E-state index is 11.9. The fourth-order valence-electron chi connectivity index (χ4n) is 3.63. The van der Waals surface area contributed by atoms with Crippen LogP contribution in [0, 0.1) is 28.4 Å². The summed E-state index contributed by atoms with van der Waals surface area (Å²) >= 11 is 12.5. The molecule has 4 rings (SSSR count). The molecule has 0 saturated heterocycles. The van der Waals surface area contributed by atoms with Crippen molar-refractivity contribution in [3.05, 3.63) is 110 Å². The van der Waals surface area contributed by atoms with Gasteiger partial charge in [0.15, 0.2) is 0 Å². The van der Waals surface area contributed by atoms with Crippen LogP contribution in [-0.2, 0) is 6.54 Å². The Labute approximate surface area is 216 Å². The molecular formula is C25H19Cl2N7O2. The van der Waals surface area contributed by atoms with Crippen molar-refractivity contribution in [2.75, 3.05) is 10.6 Å². The molecule has 0 bridgehead atoms. The van der Waals surface area contributed by atoms with Crippen LogP contribution in [0.5, 0.6) is 0 Å². The average molecular weight is 520 g/mol. The molecule has 0 amide bonds. The van der Waals surface area contributed by atoms with Gasteiger partial charge in [0.05, 0.1) is 16.9 Å². The van der Waals surface area contributed by atoms with Gasteiger partial charge in [-0.3, -0.25) is 15.1 Å². The summed E-state index contributed by atoms with van der Waals surface area (Å²) in [5.41, 5.74) is 3.13. The van der Waals surface area contributed by atoms with Crippen molar-refractivity contribution < 1.29 is 4.92 Å². The van der Waals surface area contributed by atoms with Crippen molar-refractivity contribution >= 4 is 46.2 Å². The van der Waals surface area contributed by atoms with Crippen molar-refractivity contribution in [2.45, 2.75) is 19.4 Å². The molecule has 11 heteroatoms. The molecule has 1 atom stereocenters. The highest BCUT2D eigenvalue weighted by Gasteiger charge is 2.24. The molecule has 0 aliphatic carbocycles. The Kier molecular flexibility index (Phi) is 7.59. The Morgan fingerprint density at radius 1 is 1.14 bits per heavy atom. The number of aromatic nitrogens is 3. The lowest BCUT2D eigenvalue weighted by atomic mass is 9.91. The van der Waals surface area contributed by atoms with Gasteiger partial charge in [-0.15, -0.1) is 0 Å². The van der Waals surface area contributed by atoms with E-state index in [9.17, 15) is 15.4 Å². The van der Waals surface area contributed by atoms with E-state index in [1.807, 2.05) is 13.0 Å². The normalized spacial score (nSPS) is 11.4. The number of benzene rings is 2. The molecule has 2 heterocycles. The highest BCUT2D eigenvalue weighted by molar-refractivity contribution is 6.32. The van der Waals surface area contributed by atoms with E-state index >= 15 is 0 Å². The maximum absolute atomic E-state index is 11.9. The molecular weight excluding hydrogens is 501 g/mol. The summed E-state index contributed by atoms with van der Waals surface area (Å²) in [5.74, 6) is -0.543. The van der Waals surface area contributed by atoms with Crippen LogP contribution >= 0.6 is 23.2 Å². The quantitative estimate of drug-likeness (QED) is 0.202. The number of nitriles is 1. The zero-order valence-electron chi connectivity index (χ0n) is 18.9. The van der Waals surface area contributed by atoms with Crippen molar-refractivity contribution in [1.82, 2.24) is 15.0 Å². The second kappa shape index (κ2) is 11.0. The summed E-state index contributed by atoms with van der Waals surface area (Å²) in [6.45, 7) is 2.11. The monoisotopic (exact) mass is 519 g/mol. The number of hydrogen-bond acceptors (Lipinski definition) is 8. The zero-order valence-corrected chi connectivity index (χ0v) is 20.5. The summed E-state index contributed by atoms with van der Waals surface area (Å²) in [6, 6.07) is 16.3. The molecule has 0 fully saturated rings. The van der Waals surface area contributed by atoms with Gasteiger partial charge in [0.2, 0.25) is 11.6 Å². The lowest BCUT2D eigenvalue weighted by molar-refractivity contribution is -0.383. The Morgan fingerprint density at radius 3 is 2.56 bits per heavy atom. The van der Waals surface area contributed by atoms with Gasteiger partial charge in [0.25, 0.3) is 0 Å². The minimum atomic E-state index is -0.612. The van der Waals surface area contributed by atoms with Crippen LogP contribution < -0.4 is 10.6 Å². The average Bonchev–Trinajstić information content (AvgIpc) is 2.87. The predicted molar refractivity (Wildman–Crippen MR) is 139 cm³/mol. The molecule has 0 aliphatic rings. The molecule has 0 saturated carbocycles. The van der Waals surface area contributed by atoms with E-state index in [2.05, 4.69) is 31.7 Å². The highest BCUT2D eigenvalue weighted by Crippen LogP contribution is 2.37. The third-order valence-corrected chi connectivity index (χ3v) is 6.01. The van der Waals surface area contributed by atoms with Crippen LogP contribution in [0.1, 0.15) is 28.2 Å². The van der Waals surface area contributed by atoms with Crippen molar-refractivity contribution in [2.24, 2.45) is 0 Å². The topological polar surface area (TPSA) is 130 Å². The first-order valence-corrected chi connectivity index (χ1v) is 11.5. The number of hydrogen-bond donors (Lipinski definition) is 2. The molecule has 4 aromatic rings. The number of rotatable bonds is 8. The van der Waals surface area contributed by atoms with Crippen molar-refractivity contribution in [1.29, 1.82) is 5.26 Å². The molecule has 0 aliphatic heterocycles. The van der Waals surface area contributed by atoms with Crippen LogP contribution in [0.4, 0.5) is 23.0 Å². The fourth-order valence-corrected chi connectivity index (χ4v) is 4.03. The van der Waals surface area contributed by atoms with Gasteiger partial charge >= 0.3 is 5.69 Å². The van der Waals surface area contributed by atoms with E-state index in [0.717, 1.165) is 16.7 Å². The van der Waals surface area contributed by atoms with Crippen LogP contribution in [0.2, 0.25) is 10.0 Å². The van der Waals surface area contributed by atoms with Gasteiger partial charge < -0.3 is 10.6 Å². The van der Waals surface area contributed by atoms with Crippen LogP contribution in [-0.4, -0.2) is 19.9 Å². The lowest BCUT2D eigenvalue weighted by Crippen LogP contribution is -2.09. The lowest BCUT2D eigenvalue weighted by Gasteiger charge is -2.17. The Balaban J connectivity index is 1.64. The minimum absolute atomic E-state index is 0.00476. The third-order valence-electron chi connectivity index (χ3n) is 5.43. The van der Waals surface area contributed by atoms with E-state index in [1.54, 1.807) is 54.9 Å². The number of aryl methyl sites for hydroxylation is 1. The summed E-state index contributed by atoms with van der Waals surface area (Å²) in [5, 5.41) is 28.6. The standard InChI is InChI=1S/C25H19Cl2N7O2/c1-15-9-19(20(11-28)17-4-6-18(26)7-5-17)21(27)10-22(15)33-25-23(34(35)36)24(31-14-32-25)30-13-16-3-2-8-29-12-16/h2-10,12,14,20H,13H2,1H3,(H2,30,31,32,33). The number of nitrogens with zero attached hydrogens (tertiary/aromatic N) is 5. The molecule has 2 aromatic carbocycles. The largest absolute Gasteiger partial charge is 0.360 e. The number of halogens is 2. The van der Waals surface area contributed by atoms with Gasteiger partial charge in [-0.2, -0.15) is 5.26 Å². The Hall–Kier alpha value is -4.26. The van der Waals surface area contributed by atoms with E-state index in [1.165, 1.54) is 6.33 Å². The Bertz CT molecular complexity index is 1440. The minimum Gasteiger partial charge on any atom is -0.360 e. The number of anilines is 3. The highest BCUT2D eigenvalue weighted by atomic mass is 35.5. The molecule has 9 nitrogen and oxygen atoms in total. The first-order valence-electron chi connectivity index (χ1n) is 10.7. The van der Waals surface area contributed by atoms with Gasteiger partial charge in [-0.05, 0) is 53.4 Å². The summed E-state index contributed by atoms with van der Waals surface area (Å²) in [6.07, 6.45) is 4.54. The molecule has 36 heavy (non-hydrogen) atoms. The molecule has 180 valence electrons.